The first-order valence-corrected chi connectivity index (χ1v) is 13.5. The number of benzene rings is 2. The number of hydrogen-bond donors (Lipinski definition) is 1. The summed E-state index contributed by atoms with van der Waals surface area (Å²) < 4.78 is 45.2. The second-order valence-electron chi connectivity index (χ2n) is 8.73. The zero-order valence-corrected chi connectivity index (χ0v) is 20.7. The molecule has 4 aromatic rings. The highest BCUT2D eigenvalue weighted by Crippen LogP contribution is 2.33. The maximum atomic E-state index is 13.6. The van der Waals surface area contributed by atoms with Crippen molar-refractivity contribution in [2.24, 2.45) is 0 Å². The Morgan fingerprint density at radius 1 is 1.19 bits per heavy atom. The van der Waals surface area contributed by atoms with Crippen molar-refractivity contribution in [1.29, 1.82) is 0 Å². The van der Waals surface area contributed by atoms with E-state index < -0.39 is 9.84 Å². The van der Waals surface area contributed by atoms with Crippen molar-refractivity contribution in [3.8, 4) is 17.0 Å². The van der Waals surface area contributed by atoms with Gasteiger partial charge in [-0.15, -0.1) is 0 Å². The lowest BCUT2D eigenvalue weighted by Gasteiger charge is -2.14. The van der Waals surface area contributed by atoms with Gasteiger partial charge in [0.25, 0.3) is 5.91 Å². The summed E-state index contributed by atoms with van der Waals surface area (Å²) in [7, 11) is -3.17. The van der Waals surface area contributed by atoms with Crippen LogP contribution in [-0.2, 0) is 9.84 Å². The first-order chi connectivity index (χ1) is 17.3. The van der Waals surface area contributed by atoms with Crippen molar-refractivity contribution in [3.05, 3.63) is 71.7 Å². The fourth-order valence-corrected chi connectivity index (χ4v) is 6.22. The summed E-state index contributed by atoms with van der Waals surface area (Å²) in [5, 5.41) is 8.07. The highest BCUT2D eigenvalue weighted by atomic mass is 32.2. The third-order valence-corrected chi connectivity index (χ3v) is 7.96. The SMILES string of the molecule is CCOc1ccccc1NC(=O)c1cc(-c2ccc(F)cc2)nc2c1c(C)nn2C1CCS(=O)(=O)C1. The second-order valence-corrected chi connectivity index (χ2v) is 11.0. The fraction of sp³-hybridized carbons (Fsp3) is 0.269. The van der Waals surface area contributed by atoms with E-state index in [-0.39, 0.29) is 29.3 Å². The highest BCUT2D eigenvalue weighted by Gasteiger charge is 2.32. The summed E-state index contributed by atoms with van der Waals surface area (Å²) in [6.07, 6.45) is 0.421. The molecule has 1 aliphatic rings. The number of nitrogens with zero attached hydrogens (tertiary/aromatic N) is 3. The summed E-state index contributed by atoms with van der Waals surface area (Å²) in [6, 6.07) is 14.2. The van der Waals surface area contributed by atoms with Crippen LogP contribution in [-0.4, -0.2) is 47.2 Å². The van der Waals surface area contributed by atoms with Gasteiger partial charge in [-0.3, -0.25) is 4.79 Å². The van der Waals surface area contributed by atoms with Gasteiger partial charge in [0.15, 0.2) is 15.5 Å². The molecule has 1 atom stereocenters. The predicted octanol–water partition coefficient (Wildman–Crippen LogP) is 4.56. The topological polar surface area (TPSA) is 103 Å². The van der Waals surface area contributed by atoms with Gasteiger partial charge in [0.2, 0.25) is 0 Å². The summed E-state index contributed by atoms with van der Waals surface area (Å²) >= 11 is 0. The number of rotatable bonds is 6. The standard InChI is InChI=1S/C26H25FN4O4S/c1-3-35-23-7-5-4-6-21(23)29-26(32)20-14-22(17-8-10-18(27)11-9-17)28-25-24(20)16(2)30-31(25)19-12-13-36(33,34)15-19/h4-11,14,19H,3,12-13,15H2,1-2H3,(H,29,32). The van der Waals surface area contributed by atoms with E-state index in [0.717, 1.165) is 0 Å². The molecule has 1 unspecified atom stereocenters. The quantitative estimate of drug-likeness (QED) is 0.410. The molecule has 1 amide bonds. The van der Waals surface area contributed by atoms with Crippen LogP contribution in [0.25, 0.3) is 22.3 Å². The van der Waals surface area contributed by atoms with Crippen LogP contribution >= 0.6 is 0 Å². The van der Waals surface area contributed by atoms with E-state index in [0.29, 0.717) is 58.0 Å². The maximum Gasteiger partial charge on any atom is 0.256 e. The molecule has 3 heterocycles. The van der Waals surface area contributed by atoms with Gasteiger partial charge in [0.1, 0.15) is 11.6 Å². The molecule has 1 saturated heterocycles. The molecule has 8 nitrogen and oxygen atoms in total. The van der Waals surface area contributed by atoms with Crippen LogP contribution in [0.2, 0.25) is 0 Å². The van der Waals surface area contributed by atoms with Gasteiger partial charge in [-0.25, -0.2) is 22.5 Å². The van der Waals surface area contributed by atoms with Crippen LogP contribution in [0.1, 0.15) is 35.4 Å². The minimum Gasteiger partial charge on any atom is -0.492 e. The molecule has 2 aromatic heterocycles. The van der Waals surface area contributed by atoms with Crippen LogP contribution < -0.4 is 10.1 Å². The van der Waals surface area contributed by atoms with Crippen LogP contribution in [0.15, 0.2) is 54.6 Å². The van der Waals surface area contributed by atoms with Crippen LogP contribution in [0.4, 0.5) is 10.1 Å². The normalized spacial score (nSPS) is 16.8. The van der Waals surface area contributed by atoms with Gasteiger partial charge >= 0.3 is 0 Å². The molecule has 5 rings (SSSR count). The molecule has 2 aromatic carbocycles. The number of anilines is 1. The number of pyridine rings is 1. The van der Waals surface area contributed by atoms with Gasteiger partial charge in [-0.2, -0.15) is 5.10 Å². The van der Waals surface area contributed by atoms with Crippen molar-refractivity contribution in [2.45, 2.75) is 26.3 Å². The summed E-state index contributed by atoms with van der Waals surface area (Å²) in [5.41, 5.74) is 2.90. The number of sulfone groups is 1. The molecule has 1 N–H and O–H groups in total. The number of carbonyl (C=O) groups is 1. The number of nitrogens with one attached hydrogen (secondary N) is 1. The first-order valence-electron chi connectivity index (χ1n) is 11.6. The van der Waals surface area contributed by atoms with Crippen molar-refractivity contribution in [2.75, 3.05) is 23.4 Å². The fourth-order valence-electron chi connectivity index (χ4n) is 4.52. The third-order valence-electron chi connectivity index (χ3n) is 6.21. The molecule has 1 aliphatic heterocycles. The van der Waals surface area contributed by atoms with Crippen LogP contribution in [0.3, 0.4) is 0 Å². The smallest absolute Gasteiger partial charge is 0.256 e. The van der Waals surface area contributed by atoms with Crippen molar-refractivity contribution < 1.29 is 22.3 Å². The number of aryl methyl sites for hydroxylation is 1. The molecule has 0 bridgehead atoms. The van der Waals surface area contributed by atoms with Gasteiger partial charge in [-0.05, 0) is 62.7 Å². The Bertz CT molecular complexity index is 1570. The predicted molar refractivity (Wildman–Crippen MR) is 136 cm³/mol. The summed E-state index contributed by atoms with van der Waals surface area (Å²) in [4.78, 5) is 18.4. The number of aromatic nitrogens is 3. The third kappa shape index (κ3) is 4.56. The molecule has 0 radical (unpaired) electrons. The lowest BCUT2D eigenvalue weighted by molar-refractivity contribution is 0.102. The number of ether oxygens (including phenoxy) is 1. The Hall–Kier alpha value is -3.79. The second kappa shape index (κ2) is 9.34. The lowest BCUT2D eigenvalue weighted by Crippen LogP contribution is -2.15. The average Bonchev–Trinajstić information content (AvgIpc) is 3.39. The molecule has 10 heteroatoms. The Labute approximate surface area is 208 Å². The molecule has 36 heavy (non-hydrogen) atoms. The lowest BCUT2D eigenvalue weighted by atomic mass is 10.0. The summed E-state index contributed by atoms with van der Waals surface area (Å²) in [6.45, 7) is 4.07. The number of hydrogen-bond acceptors (Lipinski definition) is 6. The Morgan fingerprint density at radius 3 is 2.64 bits per heavy atom. The number of fused-ring (bicyclic) bond motifs is 1. The van der Waals surface area contributed by atoms with Crippen LogP contribution in [0, 0.1) is 12.7 Å². The van der Waals surface area contributed by atoms with Crippen molar-refractivity contribution in [3.63, 3.8) is 0 Å². The Morgan fingerprint density at radius 2 is 1.94 bits per heavy atom. The van der Waals surface area contributed by atoms with E-state index >= 15 is 0 Å². The minimum atomic E-state index is -3.17. The molecule has 0 aliphatic carbocycles. The number of carbonyl (C=O) groups excluding carboxylic acids is 1. The zero-order chi connectivity index (χ0) is 25.4. The van der Waals surface area contributed by atoms with Gasteiger partial charge < -0.3 is 10.1 Å². The molecule has 186 valence electrons. The largest absolute Gasteiger partial charge is 0.492 e. The van der Waals surface area contributed by atoms with Gasteiger partial charge in [0, 0.05) is 5.56 Å². The number of amides is 1. The van der Waals surface area contributed by atoms with Crippen molar-refractivity contribution in [1.82, 2.24) is 14.8 Å². The minimum absolute atomic E-state index is 0.0328. The number of halogens is 1. The van der Waals surface area contributed by atoms with Crippen LogP contribution in [0.5, 0.6) is 5.75 Å². The number of para-hydroxylation sites is 2. The maximum absolute atomic E-state index is 13.6. The first kappa shape index (κ1) is 23.9. The summed E-state index contributed by atoms with van der Waals surface area (Å²) in [5.74, 6) is -0.186. The van der Waals surface area contributed by atoms with Gasteiger partial charge in [-0.1, -0.05) is 12.1 Å². The van der Waals surface area contributed by atoms with E-state index in [4.69, 9.17) is 9.72 Å². The zero-order valence-electron chi connectivity index (χ0n) is 19.9. The van der Waals surface area contributed by atoms with Gasteiger partial charge in [0.05, 0.1) is 52.2 Å². The molecular formula is C26H25FN4O4S. The molecule has 1 fully saturated rings. The van der Waals surface area contributed by atoms with E-state index in [1.54, 1.807) is 48.0 Å². The average molecular weight is 509 g/mol. The van der Waals surface area contributed by atoms with Crippen molar-refractivity contribution >= 4 is 32.5 Å². The van der Waals surface area contributed by atoms with E-state index in [1.165, 1.54) is 12.1 Å². The molecule has 0 saturated carbocycles. The monoisotopic (exact) mass is 508 g/mol. The van der Waals surface area contributed by atoms with E-state index in [2.05, 4.69) is 10.4 Å². The molecule has 0 spiro atoms. The van der Waals surface area contributed by atoms with E-state index in [9.17, 15) is 17.6 Å². The highest BCUT2D eigenvalue weighted by molar-refractivity contribution is 7.91. The Balaban J connectivity index is 1.66. The Kier molecular flexibility index (Phi) is 6.21. The molecular weight excluding hydrogens is 483 g/mol. The van der Waals surface area contributed by atoms with E-state index in [1.807, 2.05) is 13.0 Å².